The van der Waals surface area contributed by atoms with E-state index in [1.165, 1.54) is 24.3 Å². The van der Waals surface area contributed by atoms with Crippen LogP contribution in [0.1, 0.15) is 26.7 Å². The first kappa shape index (κ1) is 26.6. The minimum atomic E-state index is -0.335. The van der Waals surface area contributed by atoms with Crippen molar-refractivity contribution in [3.63, 3.8) is 0 Å². The van der Waals surface area contributed by atoms with E-state index < -0.39 is 0 Å². The Bertz CT molecular complexity index is 649. The van der Waals surface area contributed by atoms with Crippen LogP contribution >= 0.6 is 24.0 Å². The molecule has 2 rings (SSSR count). The topological polar surface area (TPSA) is 78.0 Å². The van der Waals surface area contributed by atoms with Gasteiger partial charge in [-0.2, -0.15) is 0 Å². The number of benzene rings is 1. The van der Waals surface area contributed by atoms with Crippen LogP contribution in [0.5, 0.6) is 0 Å². The van der Waals surface area contributed by atoms with E-state index in [1.54, 1.807) is 7.05 Å². The molecule has 1 unspecified atom stereocenters. The van der Waals surface area contributed by atoms with Gasteiger partial charge in [0, 0.05) is 38.4 Å². The average Bonchev–Trinajstić information content (AvgIpc) is 2.75. The van der Waals surface area contributed by atoms with E-state index in [2.05, 4.69) is 39.7 Å². The van der Waals surface area contributed by atoms with Crippen LogP contribution in [0.4, 0.5) is 10.1 Å². The van der Waals surface area contributed by atoms with Crippen LogP contribution in [0, 0.1) is 11.7 Å². The van der Waals surface area contributed by atoms with Gasteiger partial charge in [-0.05, 0) is 30.2 Å². The van der Waals surface area contributed by atoms with E-state index in [-0.39, 0.29) is 42.2 Å². The predicted molar refractivity (Wildman–Crippen MR) is 130 cm³/mol. The van der Waals surface area contributed by atoms with Gasteiger partial charge < -0.3 is 20.7 Å². The van der Waals surface area contributed by atoms with Gasteiger partial charge in [-0.15, -0.1) is 24.0 Å². The molecule has 7 nitrogen and oxygen atoms in total. The summed E-state index contributed by atoms with van der Waals surface area (Å²) in [6.45, 7) is 8.71. The zero-order chi connectivity index (χ0) is 21.1. The van der Waals surface area contributed by atoms with Crippen LogP contribution in [0.3, 0.4) is 0 Å². The lowest BCUT2D eigenvalue weighted by molar-refractivity contribution is -0.115. The number of carbonyl (C=O) groups excluding carboxylic acids is 1. The number of aliphatic imine (C=N–C) groups is 1. The number of hydrogen-bond donors (Lipinski definition) is 3. The number of ether oxygens (including phenoxy) is 1. The molecule has 0 spiro atoms. The SMILES string of the molecule is CCC(CC)C(CNC(=NC)NCC(=O)Nc1ccc(F)cc1)N1CCOCC1.I. The fourth-order valence-electron chi connectivity index (χ4n) is 3.66. The van der Waals surface area contributed by atoms with E-state index in [1.807, 2.05) is 0 Å². The van der Waals surface area contributed by atoms with Gasteiger partial charge in [-0.25, -0.2) is 4.39 Å². The summed E-state index contributed by atoms with van der Waals surface area (Å²) in [6, 6.07) is 6.08. The molecule has 0 bridgehead atoms. The van der Waals surface area contributed by atoms with Gasteiger partial charge in [-0.3, -0.25) is 14.7 Å². The molecule has 9 heteroatoms. The number of hydrogen-bond acceptors (Lipinski definition) is 4. The highest BCUT2D eigenvalue weighted by Crippen LogP contribution is 2.19. The number of nitrogens with zero attached hydrogens (tertiary/aromatic N) is 2. The Morgan fingerprint density at radius 1 is 1.17 bits per heavy atom. The van der Waals surface area contributed by atoms with Crippen molar-refractivity contribution in [2.24, 2.45) is 10.9 Å². The molecule has 1 aromatic rings. The van der Waals surface area contributed by atoms with E-state index in [0.717, 1.165) is 45.7 Å². The number of rotatable bonds is 9. The fourth-order valence-corrected chi connectivity index (χ4v) is 3.66. The summed E-state index contributed by atoms with van der Waals surface area (Å²) >= 11 is 0. The largest absolute Gasteiger partial charge is 0.379 e. The predicted octanol–water partition coefficient (Wildman–Crippen LogP) is 2.68. The lowest BCUT2D eigenvalue weighted by Crippen LogP contribution is -2.53. The smallest absolute Gasteiger partial charge is 0.243 e. The first-order valence-electron chi connectivity index (χ1n) is 10.4. The summed E-state index contributed by atoms with van der Waals surface area (Å²) < 4.78 is 18.5. The molecule has 0 aromatic heterocycles. The van der Waals surface area contributed by atoms with Crippen molar-refractivity contribution in [3.05, 3.63) is 30.1 Å². The van der Waals surface area contributed by atoms with Crippen molar-refractivity contribution >= 4 is 41.5 Å². The molecule has 1 amide bonds. The normalized spacial score (nSPS) is 16.0. The molecular weight excluding hydrogens is 500 g/mol. The van der Waals surface area contributed by atoms with E-state index in [9.17, 15) is 9.18 Å². The maximum absolute atomic E-state index is 13.0. The molecule has 1 fully saturated rings. The molecule has 1 aliphatic rings. The average molecular weight is 535 g/mol. The Labute approximate surface area is 196 Å². The Kier molecular flexibility index (Phi) is 12.9. The van der Waals surface area contributed by atoms with Crippen molar-refractivity contribution in [2.45, 2.75) is 32.7 Å². The van der Waals surface area contributed by atoms with Crippen LogP contribution in [0.25, 0.3) is 0 Å². The number of morpholine rings is 1. The number of guanidine groups is 1. The Morgan fingerprint density at radius 2 is 1.80 bits per heavy atom. The van der Waals surface area contributed by atoms with Crippen LogP contribution < -0.4 is 16.0 Å². The quantitative estimate of drug-likeness (QED) is 0.258. The van der Waals surface area contributed by atoms with E-state index in [0.29, 0.717) is 23.6 Å². The highest BCUT2D eigenvalue weighted by atomic mass is 127. The summed E-state index contributed by atoms with van der Waals surface area (Å²) in [5.41, 5.74) is 0.558. The van der Waals surface area contributed by atoms with Crippen molar-refractivity contribution in [1.82, 2.24) is 15.5 Å². The molecule has 1 atom stereocenters. The molecule has 30 heavy (non-hydrogen) atoms. The Morgan fingerprint density at radius 3 is 2.37 bits per heavy atom. The molecule has 1 aliphatic heterocycles. The lowest BCUT2D eigenvalue weighted by atomic mass is 9.92. The first-order chi connectivity index (χ1) is 14.1. The number of amides is 1. The highest BCUT2D eigenvalue weighted by Gasteiger charge is 2.27. The minimum Gasteiger partial charge on any atom is -0.379 e. The second kappa shape index (κ2) is 14.5. The standard InChI is InChI=1S/C21H34FN5O2.HI/c1-4-16(5-2)19(27-10-12-29-13-11-27)14-24-21(23-3)25-15-20(28)26-18-8-6-17(22)7-9-18;/h6-9,16,19H,4-5,10-15H2,1-3H3,(H,26,28)(H2,23,24,25);1H. The highest BCUT2D eigenvalue weighted by molar-refractivity contribution is 14.0. The van der Waals surface area contributed by atoms with Crippen molar-refractivity contribution in [2.75, 3.05) is 51.8 Å². The molecule has 0 aliphatic carbocycles. The second-order valence-electron chi connectivity index (χ2n) is 7.15. The molecular formula is C21H35FIN5O2. The van der Waals surface area contributed by atoms with Crippen LogP contribution in [-0.4, -0.2) is 69.2 Å². The summed E-state index contributed by atoms with van der Waals surface area (Å²) in [6.07, 6.45) is 2.23. The summed E-state index contributed by atoms with van der Waals surface area (Å²) in [5, 5.41) is 9.14. The van der Waals surface area contributed by atoms with Crippen LogP contribution in [0.2, 0.25) is 0 Å². The van der Waals surface area contributed by atoms with Gasteiger partial charge in [0.15, 0.2) is 5.96 Å². The van der Waals surface area contributed by atoms with E-state index in [4.69, 9.17) is 4.74 Å². The molecule has 170 valence electrons. The summed E-state index contributed by atoms with van der Waals surface area (Å²) in [7, 11) is 1.69. The fraction of sp³-hybridized carbons (Fsp3) is 0.619. The van der Waals surface area contributed by atoms with Gasteiger partial charge in [-0.1, -0.05) is 26.7 Å². The van der Waals surface area contributed by atoms with Crippen LogP contribution in [-0.2, 0) is 9.53 Å². The zero-order valence-corrected chi connectivity index (χ0v) is 20.4. The van der Waals surface area contributed by atoms with E-state index >= 15 is 0 Å². The van der Waals surface area contributed by atoms with Gasteiger partial charge in [0.05, 0.1) is 19.8 Å². The minimum absolute atomic E-state index is 0. The zero-order valence-electron chi connectivity index (χ0n) is 18.1. The Hall–Kier alpha value is -1.46. The summed E-state index contributed by atoms with van der Waals surface area (Å²) in [5.74, 6) is 0.617. The van der Waals surface area contributed by atoms with Crippen molar-refractivity contribution < 1.29 is 13.9 Å². The third-order valence-corrected chi connectivity index (χ3v) is 5.35. The second-order valence-corrected chi connectivity index (χ2v) is 7.15. The van der Waals surface area contributed by atoms with Gasteiger partial charge in [0.1, 0.15) is 5.82 Å². The van der Waals surface area contributed by atoms with Crippen molar-refractivity contribution in [1.29, 1.82) is 0 Å². The maximum Gasteiger partial charge on any atom is 0.243 e. The molecule has 1 saturated heterocycles. The monoisotopic (exact) mass is 535 g/mol. The third-order valence-electron chi connectivity index (χ3n) is 5.35. The van der Waals surface area contributed by atoms with Gasteiger partial charge in [0.25, 0.3) is 0 Å². The lowest BCUT2D eigenvalue weighted by Gasteiger charge is -2.39. The molecule has 1 heterocycles. The molecule has 1 aromatic carbocycles. The summed E-state index contributed by atoms with van der Waals surface area (Å²) in [4.78, 5) is 18.8. The number of carbonyl (C=O) groups is 1. The third kappa shape index (κ3) is 8.73. The number of nitrogens with one attached hydrogen (secondary N) is 3. The first-order valence-corrected chi connectivity index (χ1v) is 10.4. The molecule has 0 saturated carbocycles. The van der Waals surface area contributed by atoms with Gasteiger partial charge >= 0.3 is 0 Å². The Balaban J connectivity index is 0.00000450. The molecule has 0 radical (unpaired) electrons. The maximum atomic E-state index is 13.0. The van der Waals surface area contributed by atoms with Gasteiger partial charge in [0.2, 0.25) is 5.91 Å². The number of anilines is 1. The van der Waals surface area contributed by atoms with Crippen molar-refractivity contribution in [3.8, 4) is 0 Å². The molecule has 3 N–H and O–H groups in total. The van der Waals surface area contributed by atoms with Crippen LogP contribution in [0.15, 0.2) is 29.3 Å². The number of halogens is 2.